The van der Waals surface area contributed by atoms with Crippen LogP contribution in [0.15, 0.2) is 12.1 Å². The van der Waals surface area contributed by atoms with Crippen molar-refractivity contribution in [3.8, 4) is 0 Å². The van der Waals surface area contributed by atoms with E-state index < -0.39 is 35.2 Å². The van der Waals surface area contributed by atoms with Gasteiger partial charge >= 0.3 is 5.97 Å². The number of hydrogen-bond donors (Lipinski definition) is 1. The normalized spacial score (nSPS) is 12.1. The molecule has 0 saturated carbocycles. The van der Waals surface area contributed by atoms with Crippen LogP contribution in [0.3, 0.4) is 0 Å². The van der Waals surface area contributed by atoms with E-state index in [0.29, 0.717) is 12.1 Å². The maximum atomic E-state index is 13.3. The predicted molar refractivity (Wildman–Crippen MR) is 60.7 cm³/mol. The fourth-order valence-corrected chi connectivity index (χ4v) is 1.45. The minimum atomic E-state index is -1.04. The average molecular weight is 261 g/mol. The minimum Gasteiger partial charge on any atom is -0.466 e. The van der Waals surface area contributed by atoms with Gasteiger partial charge in [0.1, 0.15) is 11.5 Å². The quantitative estimate of drug-likeness (QED) is 0.828. The van der Waals surface area contributed by atoms with Crippen molar-refractivity contribution in [2.75, 3.05) is 11.9 Å². The molecule has 0 amide bonds. The van der Waals surface area contributed by atoms with E-state index in [-0.39, 0.29) is 13.0 Å². The SMILES string of the molecule is CCOC(=O)CC(C)Nc1c(F)cc(F)cc1F. The lowest BCUT2D eigenvalue weighted by Crippen LogP contribution is -2.22. The molecular weight excluding hydrogens is 247 g/mol. The molecule has 0 saturated heterocycles. The zero-order valence-corrected chi connectivity index (χ0v) is 10.1. The fourth-order valence-electron chi connectivity index (χ4n) is 1.45. The number of carbonyl (C=O) groups excluding carboxylic acids is 1. The number of rotatable bonds is 5. The molecule has 0 aliphatic carbocycles. The first-order chi connectivity index (χ1) is 8.43. The second kappa shape index (κ2) is 6.28. The number of esters is 1. The first kappa shape index (κ1) is 14.3. The minimum absolute atomic E-state index is 0.0376. The molecule has 0 spiro atoms. The Kier molecular flexibility index (Phi) is 5.00. The van der Waals surface area contributed by atoms with Gasteiger partial charge in [-0.15, -0.1) is 0 Å². The molecule has 18 heavy (non-hydrogen) atoms. The van der Waals surface area contributed by atoms with Crippen LogP contribution in [0.1, 0.15) is 20.3 Å². The van der Waals surface area contributed by atoms with Crippen molar-refractivity contribution in [2.24, 2.45) is 0 Å². The summed E-state index contributed by atoms with van der Waals surface area (Å²) in [5.74, 6) is -3.54. The number of carbonyl (C=O) groups is 1. The zero-order chi connectivity index (χ0) is 13.7. The molecule has 0 aliphatic rings. The summed E-state index contributed by atoms with van der Waals surface area (Å²) >= 11 is 0. The Hall–Kier alpha value is -1.72. The van der Waals surface area contributed by atoms with Gasteiger partial charge in [0.2, 0.25) is 0 Å². The molecule has 1 unspecified atom stereocenters. The molecule has 0 radical (unpaired) electrons. The van der Waals surface area contributed by atoms with Gasteiger partial charge in [0, 0.05) is 18.2 Å². The third-order valence-electron chi connectivity index (χ3n) is 2.18. The Morgan fingerprint density at radius 2 is 1.89 bits per heavy atom. The van der Waals surface area contributed by atoms with Crippen molar-refractivity contribution < 1.29 is 22.7 Å². The van der Waals surface area contributed by atoms with Gasteiger partial charge < -0.3 is 10.1 Å². The summed E-state index contributed by atoms with van der Waals surface area (Å²) in [5.41, 5.74) is -0.451. The van der Waals surface area contributed by atoms with Crippen molar-refractivity contribution in [2.45, 2.75) is 26.3 Å². The highest BCUT2D eigenvalue weighted by atomic mass is 19.1. The molecule has 1 aromatic carbocycles. The molecule has 1 rings (SSSR count). The molecule has 1 aromatic rings. The Bertz CT molecular complexity index is 414. The Balaban J connectivity index is 2.70. The van der Waals surface area contributed by atoms with Gasteiger partial charge in [-0.25, -0.2) is 13.2 Å². The van der Waals surface area contributed by atoms with Crippen molar-refractivity contribution in [1.82, 2.24) is 0 Å². The second-order valence-corrected chi connectivity index (χ2v) is 3.80. The van der Waals surface area contributed by atoms with Crippen LogP contribution in [-0.2, 0) is 9.53 Å². The highest BCUT2D eigenvalue weighted by Gasteiger charge is 2.16. The van der Waals surface area contributed by atoms with E-state index in [1.54, 1.807) is 13.8 Å². The topological polar surface area (TPSA) is 38.3 Å². The van der Waals surface area contributed by atoms with Gasteiger partial charge in [-0.3, -0.25) is 4.79 Å². The van der Waals surface area contributed by atoms with Crippen LogP contribution in [0.25, 0.3) is 0 Å². The molecule has 0 fully saturated rings. The van der Waals surface area contributed by atoms with Gasteiger partial charge in [-0.2, -0.15) is 0 Å². The monoisotopic (exact) mass is 261 g/mol. The average Bonchev–Trinajstić information content (AvgIpc) is 2.23. The van der Waals surface area contributed by atoms with Gasteiger partial charge in [-0.1, -0.05) is 0 Å². The third-order valence-corrected chi connectivity index (χ3v) is 2.18. The summed E-state index contributed by atoms with van der Waals surface area (Å²) < 4.78 is 44.0. The molecule has 0 heterocycles. The first-order valence-corrected chi connectivity index (χ1v) is 5.50. The van der Waals surface area contributed by atoms with Crippen molar-refractivity contribution in [1.29, 1.82) is 0 Å². The fraction of sp³-hybridized carbons (Fsp3) is 0.417. The zero-order valence-electron chi connectivity index (χ0n) is 10.1. The summed E-state index contributed by atoms with van der Waals surface area (Å²) in [6, 6.07) is 0.615. The number of anilines is 1. The second-order valence-electron chi connectivity index (χ2n) is 3.80. The molecule has 1 atom stereocenters. The lowest BCUT2D eigenvalue weighted by Gasteiger charge is -2.15. The number of ether oxygens (including phenoxy) is 1. The molecule has 0 aromatic heterocycles. The van der Waals surface area contributed by atoms with E-state index in [4.69, 9.17) is 4.74 Å². The van der Waals surface area contributed by atoms with Crippen molar-refractivity contribution >= 4 is 11.7 Å². The lowest BCUT2D eigenvalue weighted by molar-refractivity contribution is -0.143. The maximum Gasteiger partial charge on any atom is 0.307 e. The first-order valence-electron chi connectivity index (χ1n) is 5.50. The lowest BCUT2D eigenvalue weighted by atomic mass is 10.2. The van der Waals surface area contributed by atoms with Gasteiger partial charge in [-0.05, 0) is 13.8 Å². The largest absolute Gasteiger partial charge is 0.466 e. The standard InChI is InChI=1S/C12H14F3NO2/c1-3-18-11(17)4-7(2)16-12-9(14)5-8(13)6-10(12)15/h5-7,16H,3-4H2,1-2H3. The smallest absolute Gasteiger partial charge is 0.307 e. The summed E-state index contributed by atoms with van der Waals surface area (Å²) in [5, 5.41) is 2.48. The van der Waals surface area contributed by atoms with E-state index in [1.807, 2.05) is 0 Å². The van der Waals surface area contributed by atoms with Crippen LogP contribution in [0.4, 0.5) is 18.9 Å². The summed E-state index contributed by atoms with van der Waals surface area (Å²) in [7, 11) is 0. The molecule has 0 bridgehead atoms. The van der Waals surface area contributed by atoms with Crippen molar-refractivity contribution in [3.05, 3.63) is 29.6 Å². The van der Waals surface area contributed by atoms with E-state index in [9.17, 15) is 18.0 Å². The van der Waals surface area contributed by atoms with Gasteiger partial charge in [0.25, 0.3) is 0 Å². The van der Waals surface area contributed by atoms with Crippen LogP contribution < -0.4 is 5.32 Å². The van der Waals surface area contributed by atoms with E-state index in [0.717, 1.165) is 0 Å². The Morgan fingerprint density at radius 1 is 1.33 bits per heavy atom. The van der Waals surface area contributed by atoms with Crippen LogP contribution in [0.5, 0.6) is 0 Å². The van der Waals surface area contributed by atoms with Crippen LogP contribution in [0, 0.1) is 17.5 Å². The molecule has 1 N–H and O–H groups in total. The molecule has 0 aliphatic heterocycles. The van der Waals surface area contributed by atoms with E-state index in [2.05, 4.69) is 5.32 Å². The maximum absolute atomic E-state index is 13.3. The number of nitrogens with one attached hydrogen (secondary N) is 1. The number of benzene rings is 1. The van der Waals surface area contributed by atoms with Crippen LogP contribution in [0.2, 0.25) is 0 Å². The number of halogens is 3. The highest BCUT2D eigenvalue weighted by molar-refractivity contribution is 5.70. The van der Waals surface area contributed by atoms with E-state index in [1.165, 1.54) is 0 Å². The van der Waals surface area contributed by atoms with Gasteiger partial charge in [0.05, 0.1) is 13.0 Å². The third kappa shape index (κ3) is 3.94. The Labute approximate surface area is 103 Å². The molecular formula is C12H14F3NO2. The van der Waals surface area contributed by atoms with Crippen molar-refractivity contribution in [3.63, 3.8) is 0 Å². The summed E-state index contributed by atoms with van der Waals surface area (Å²) in [4.78, 5) is 11.2. The molecule has 3 nitrogen and oxygen atoms in total. The highest BCUT2D eigenvalue weighted by Crippen LogP contribution is 2.21. The number of hydrogen-bond acceptors (Lipinski definition) is 3. The molecule has 100 valence electrons. The summed E-state index contributed by atoms with van der Waals surface area (Å²) in [6.45, 7) is 3.47. The summed E-state index contributed by atoms with van der Waals surface area (Å²) in [6.07, 6.45) is -0.0376. The van der Waals surface area contributed by atoms with Crippen LogP contribution in [-0.4, -0.2) is 18.6 Å². The van der Waals surface area contributed by atoms with Crippen LogP contribution >= 0.6 is 0 Å². The van der Waals surface area contributed by atoms with E-state index >= 15 is 0 Å². The predicted octanol–water partition coefficient (Wildman–Crippen LogP) is 2.86. The Morgan fingerprint density at radius 3 is 2.39 bits per heavy atom. The van der Waals surface area contributed by atoms with Gasteiger partial charge in [0.15, 0.2) is 11.6 Å². The molecule has 6 heteroatoms.